The number of rotatable bonds is 8. The summed E-state index contributed by atoms with van der Waals surface area (Å²) >= 11 is 0. The molecule has 1 aliphatic rings. The van der Waals surface area contributed by atoms with Crippen LogP contribution in [-0.4, -0.2) is 33.4 Å². The number of amides is 2. The van der Waals surface area contributed by atoms with Crippen LogP contribution in [0, 0.1) is 0 Å². The molecular formula is C20H23N3O4. The highest BCUT2D eigenvalue weighted by atomic mass is 16.4. The lowest BCUT2D eigenvalue weighted by Gasteiger charge is -2.28. The molecule has 2 heterocycles. The van der Waals surface area contributed by atoms with Crippen molar-refractivity contribution in [3.63, 3.8) is 0 Å². The maximum absolute atomic E-state index is 12.3. The van der Waals surface area contributed by atoms with Gasteiger partial charge in [0, 0.05) is 42.9 Å². The number of carboxylic acids is 1. The molecule has 1 atom stereocenters. The normalized spacial score (nSPS) is 19.0. The Balaban J connectivity index is 1.56. The van der Waals surface area contributed by atoms with Crippen LogP contribution in [0.2, 0.25) is 0 Å². The van der Waals surface area contributed by atoms with E-state index < -0.39 is 11.5 Å². The molecule has 0 bridgehead atoms. The zero-order chi connectivity index (χ0) is 19.3. The molecule has 1 fully saturated rings. The fourth-order valence-corrected chi connectivity index (χ4v) is 3.56. The Morgan fingerprint density at radius 2 is 1.96 bits per heavy atom. The summed E-state index contributed by atoms with van der Waals surface area (Å²) < 4.78 is 0. The van der Waals surface area contributed by atoms with Gasteiger partial charge in [-0.3, -0.25) is 19.4 Å². The third-order valence-corrected chi connectivity index (χ3v) is 5.10. The largest absolute Gasteiger partial charge is 0.481 e. The first-order valence-corrected chi connectivity index (χ1v) is 9.10. The van der Waals surface area contributed by atoms with E-state index in [1.807, 2.05) is 30.3 Å². The second-order valence-corrected chi connectivity index (χ2v) is 6.99. The first-order chi connectivity index (χ1) is 13.0. The van der Waals surface area contributed by atoms with Gasteiger partial charge >= 0.3 is 5.97 Å². The molecule has 0 saturated carbocycles. The van der Waals surface area contributed by atoms with Crippen LogP contribution < -0.4 is 10.6 Å². The van der Waals surface area contributed by atoms with Crippen molar-refractivity contribution in [2.45, 2.75) is 50.6 Å². The first kappa shape index (κ1) is 18.8. The van der Waals surface area contributed by atoms with Crippen molar-refractivity contribution in [2.75, 3.05) is 0 Å². The van der Waals surface area contributed by atoms with E-state index in [9.17, 15) is 14.4 Å². The molecule has 0 spiro atoms. The second-order valence-electron chi connectivity index (χ2n) is 6.99. The summed E-state index contributed by atoms with van der Waals surface area (Å²) in [4.78, 5) is 39.1. The average Bonchev–Trinajstić information content (AvgIpc) is 3.04. The lowest BCUT2D eigenvalue weighted by Crippen LogP contribution is -2.43. The number of fused-ring (bicyclic) bond motifs is 1. The minimum absolute atomic E-state index is 0.0229. The van der Waals surface area contributed by atoms with Crippen molar-refractivity contribution >= 4 is 28.7 Å². The molecular weight excluding hydrogens is 346 g/mol. The van der Waals surface area contributed by atoms with Gasteiger partial charge in [0.1, 0.15) is 0 Å². The van der Waals surface area contributed by atoms with Crippen LogP contribution in [0.5, 0.6) is 0 Å². The van der Waals surface area contributed by atoms with Gasteiger partial charge in [0.05, 0.1) is 5.52 Å². The number of carbonyl (C=O) groups is 3. The molecule has 2 amide bonds. The van der Waals surface area contributed by atoms with E-state index in [2.05, 4.69) is 15.6 Å². The Labute approximate surface area is 157 Å². The summed E-state index contributed by atoms with van der Waals surface area (Å²) in [6.45, 7) is 0.399. The minimum atomic E-state index is -0.899. The lowest BCUT2D eigenvalue weighted by molar-refractivity contribution is -0.137. The van der Waals surface area contributed by atoms with E-state index in [1.165, 1.54) is 0 Å². The van der Waals surface area contributed by atoms with Gasteiger partial charge in [-0.1, -0.05) is 18.2 Å². The van der Waals surface area contributed by atoms with Gasteiger partial charge in [-0.05, 0) is 37.0 Å². The summed E-state index contributed by atoms with van der Waals surface area (Å²) in [5.41, 5.74) is 1.28. The molecule has 1 aromatic carbocycles. The number of hydrogen-bond acceptors (Lipinski definition) is 4. The number of aliphatic carboxylic acids is 1. The van der Waals surface area contributed by atoms with Gasteiger partial charge in [0.25, 0.3) is 0 Å². The van der Waals surface area contributed by atoms with E-state index in [4.69, 9.17) is 5.11 Å². The van der Waals surface area contributed by atoms with Crippen LogP contribution in [0.25, 0.3) is 10.9 Å². The van der Waals surface area contributed by atoms with Gasteiger partial charge < -0.3 is 15.7 Å². The monoisotopic (exact) mass is 369 g/mol. The number of carboxylic acid groups (broad SMARTS) is 1. The highest BCUT2D eigenvalue weighted by molar-refractivity contribution is 5.83. The number of hydrogen-bond donors (Lipinski definition) is 3. The SMILES string of the molecule is O=C(O)CCC1(CCC(=O)NCc2ccnc3ccccc23)CCC(=O)N1. The smallest absolute Gasteiger partial charge is 0.303 e. The molecule has 142 valence electrons. The quantitative estimate of drug-likeness (QED) is 0.661. The maximum Gasteiger partial charge on any atom is 0.303 e. The Morgan fingerprint density at radius 1 is 1.19 bits per heavy atom. The summed E-state index contributed by atoms with van der Waals surface area (Å²) in [7, 11) is 0. The summed E-state index contributed by atoms with van der Waals surface area (Å²) in [5, 5.41) is 15.7. The van der Waals surface area contributed by atoms with E-state index in [-0.39, 0.29) is 24.7 Å². The Morgan fingerprint density at radius 3 is 2.70 bits per heavy atom. The molecule has 7 nitrogen and oxygen atoms in total. The van der Waals surface area contributed by atoms with Gasteiger partial charge in [0.15, 0.2) is 0 Å². The molecule has 27 heavy (non-hydrogen) atoms. The zero-order valence-electron chi connectivity index (χ0n) is 15.0. The number of para-hydroxylation sites is 1. The highest BCUT2D eigenvalue weighted by Gasteiger charge is 2.37. The summed E-state index contributed by atoms with van der Waals surface area (Å²) in [6.07, 6.45) is 3.67. The van der Waals surface area contributed by atoms with Crippen LogP contribution in [0.1, 0.15) is 44.1 Å². The molecule has 1 unspecified atom stereocenters. The Kier molecular flexibility index (Phi) is 5.69. The van der Waals surface area contributed by atoms with Crippen LogP contribution >= 0.6 is 0 Å². The van der Waals surface area contributed by atoms with Crippen LogP contribution in [0.3, 0.4) is 0 Å². The summed E-state index contributed by atoms with van der Waals surface area (Å²) in [5.74, 6) is -1.10. The molecule has 1 aliphatic heterocycles. The van der Waals surface area contributed by atoms with E-state index in [0.29, 0.717) is 32.2 Å². The highest BCUT2D eigenvalue weighted by Crippen LogP contribution is 2.30. The molecule has 3 rings (SSSR count). The van der Waals surface area contributed by atoms with Gasteiger partial charge in [-0.25, -0.2) is 0 Å². The number of nitrogens with one attached hydrogen (secondary N) is 2. The van der Waals surface area contributed by atoms with Gasteiger partial charge in [0.2, 0.25) is 11.8 Å². The van der Waals surface area contributed by atoms with Crippen LogP contribution in [-0.2, 0) is 20.9 Å². The molecule has 0 aliphatic carbocycles. The molecule has 0 radical (unpaired) electrons. The van der Waals surface area contributed by atoms with Gasteiger partial charge in [-0.15, -0.1) is 0 Å². The van der Waals surface area contributed by atoms with Crippen molar-refractivity contribution < 1.29 is 19.5 Å². The molecule has 3 N–H and O–H groups in total. The Hall–Kier alpha value is -2.96. The fourth-order valence-electron chi connectivity index (χ4n) is 3.56. The predicted octanol–water partition coefficient (Wildman–Crippen LogP) is 2.14. The van der Waals surface area contributed by atoms with Crippen molar-refractivity contribution in [2.24, 2.45) is 0 Å². The number of carbonyl (C=O) groups excluding carboxylic acids is 2. The van der Waals surface area contributed by atoms with Crippen molar-refractivity contribution in [1.29, 1.82) is 0 Å². The van der Waals surface area contributed by atoms with E-state index in [1.54, 1.807) is 6.20 Å². The zero-order valence-corrected chi connectivity index (χ0v) is 15.0. The third kappa shape index (κ3) is 4.81. The predicted molar refractivity (Wildman–Crippen MR) is 99.8 cm³/mol. The van der Waals surface area contributed by atoms with Crippen molar-refractivity contribution in [3.05, 3.63) is 42.1 Å². The standard InChI is InChI=1S/C20H23N3O4/c24-17(5-9-20(11-7-19(26)27)10-6-18(25)23-20)22-13-14-8-12-21-16-4-2-1-3-15(14)16/h1-4,8,12H,5-7,9-11,13H2,(H,22,24)(H,23,25)(H,26,27). The summed E-state index contributed by atoms with van der Waals surface area (Å²) in [6, 6.07) is 9.64. The van der Waals surface area contributed by atoms with E-state index >= 15 is 0 Å². The number of nitrogens with zero attached hydrogens (tertiary/aromatic N) is 1. The van der Waals surface area contributed by atoms with Crippen molar-refractivity contribution in [1.82, 2.24) is 15.6 Å². The minimum Gasteiger partial charge on any atom is -0.481 e. The first-order valence-electron chi connectivity index (χ1n) is 9.10. The molecule has 2 aromatic rings. The number of pyridine rings is 1. The molecule has 7 heteroatoms. The van der Waals surface area contributed by atoms with Crippen LogP contribution in [0.15, 0.2) is 36.5 Å². The Bertz CT molecular complexity index is 862. The van der Waals surface area contributed by atoms with Crippen molar-refractivity contribution in [3.8, 4) is 0 Å². The average molecular weight is 369 g/mol. The van der Waals surface area contributed by atoms with E-state index in [0.717, 1.165) is 16.5 Å². The molecule has 1 aromatic heterocycles. The number of benzene rings is 1. The van der Waals surface area contributed by atoms with Gasteiger partial charge in [-0.2, -0.15) is 0 Å². The topological polar surface area (TPSA) is 108 Å². The number of aromatic nitrogens is 1. The molecule has 1 saturated heterocycles. The lowest BCUT2D eigenvalue weighted by atomic mass is 9.86. The second kappa shape index (κ2) is 8.16. The fraction of sp³-hybridized carbons (Fsp3) is 0.400. The van der Waals surface area contributed by atoms with Crippen LogP contribution in [0.4, 0.5) is 0 Å². The third-order valence-electron chi connectivity index (χ3n) is 5.10. The maximum atomic E-state index is 12.3.